The Kier molecular flexibility index (Phi) is 4.63. The highest BCUT2D eigenvalue weighted by Crippen LogP contribution is 2.23. The van der Waals surface area contributed by atoms with E-state index in [1.165, 1.54) is 12.1 Å². The summed E-state index contributed by atoms with van der Waals surface area (Å²) in [4.78, 5) is 12.1. The van der Waals surface area contributed by atoms with Crippen LogP contribution in [0.5, 0.6) is 11.5 Å². The van der Waals surface area contributed by atoms with Crippen molar-refractivity contribution in [1.82, 2.24) is 5.32 Å². The molecule has 2 aromatic carbocycles. The molecule has 0 aromatic heterocycles. The van der Waals surface area contributed by atoms with Crippen molar-refractivity contribution < 1.29 is 15.0 Å². The second-order valence-electron chi connectivity index (χ2n) is 4.29. The molecule has 0 saturated carbocycles. The molecule has 104 valence electrons. The standard InChI is InChI=1S/C15H14BrNO3/c16-9-13(10-4-2-1-3-5-10)17-15(20)12-7-6-11(18)8-14(12)19/h1-8,13,18-19H,9H2,(H,17,20). The number of phenolic OH excluding ortho intramolecular Hbond substituents is 2. The molecule has 1 atom stereocenters. The van der Waals surface area contributed by atoms with Crippen molar-refractivity contribution in [2.24, 2.45) is 0 Å². The minimum atomic E-state index is -0.393. The van der Waals surface area contributed by atoms with Crippen LogP contribution in [0.15, 0.2) is 48.5 Å². The molecule has 2 aromatic rings. The molecular weight excluding hydrogens is 322 g/mol. The molecule has 0 radical (unpaired) electrons. The van der Waals surface area contributed by atoms with Crippen molar-refractivity contribution in [3.05, 3.63) is 59.7 Å². The minimum Gasteiger partial charge on any atom is -0.508 e. The largest absolute Gasteiger partial charge is 0.508 e. The van der Waals surface area contributed by atoms with Crippen LogP contribution >= 0.6 is 15.9 Å². The maximum Gasteiger partial charge on any atom is 0.255 e. The van der Waals surface area contributed by atoms with Gasteiger partial charge in [-0.15, -0.1) is 0 Å². The van der Waals surface area contributed by atoms with Crippen LogP contribution in [0.1, 0.15) is 22.0 Å². The van der Waals surface area contributed by atoms with Gasteiger partial charge in [0.1, 0.15) is 11.5 Å². The number of alkyl halides is 1. The van der Waals surface area contributed by atoms with Crippen LogP contribution in [0.2, 0.25) is 0 Å². The van der Waals surface area contributed by atoms with Gasteiger partial charge < -0.3 is 15.5 Å². The van der Waals surface area contributed by atoms with Crippen molar-refractivity contribution in [2.75, 3.05) is 5.33 Å². The summed E-state index contributed by atoms with van der Waals surface area (Å²) in [5.74, 6) is -0.723. The first kappa shape index (κ1) is 14.4. The lowest BCUT2D eigenvalue weighted by atomic mass is 10.1. The predicted octanol–water partition coefficient (Wildman–Crippen LogP) is 2.96. The first-order chi connectivity index (χ1) is 9.61. The number of amides is 1. The number of aromatic hydroxyl groups is 2. The summed E-state index contributed by atoms with van der Waals surface area (Å²) in [6.07, 6.45) is 0. The second kappa shape index (κ2) is 6.43. The summed E-state index contributed by atoms with van der Waals surface area (Å²) in [5, 5.41) is 22.3. The number of rotatable bonds is 4. The molecule has 1 unspecified atom stereocenters. The molecule has 0 bridgehead atoms. The first-order valence-corrected chi connectivity index (χ1v) is 7.17. The van der Waals surface area contributed by atoms with E-state index in [0.29, 0.717) is 5.33 Å². The molecule has 20 heavy (non-hydrogen) atoms. The highest BCUT2D eigenvalue weighted by molar-refractivity contribution is 9.09. The zero-order chi connectivity index (χ0) is 14.5. The summed E-state index contributed by atoms with van der Waals surface area (Å²) in [6.45, 7) is 0. The molecule has 2 rings (SSSR count). The summed E-state index contributed by atoms with van der Waals surface area (Å²) < 4.78 is 0. The van der Waals surface area contributed by atoms with Gasteiger partial charge in [-0.1, -0.05) is 46.3 Å². The molecule has 0 aliphatic carbocycles. The van der Waals surface area contributed by atoms with E-state index in [2.05, 4.69) is 21.2 Å². The van der Waals surface area contributed by atoms with Gasteiger partial charge in [0.15, 0.2) is 0 Å². The lowest BCUT2D eigenvalue weighted by Crippen LogP contribution is -2.29. The fraction of sp³-hybridized carbons (Fsp3) is 0.133. The fourth-order valence-electron chi connectivity index (χ4n) is 1.84. The Morgan fingerprint density at radius 2 is 1.85 bits per heavy atom. The number of carbonyl (C=O) groups excluding carboxylic acids is 1. The second-order valence-corrected chi connectivity index (χ2v) is 4.94. The van der Waals surface area contributed by atoms with Crippen molar-refractivity contribution in [1.29, 1.82) is 0 Å². The molecule has 0 aliphatic heterocycles. The third-order valence-corrected chi connectivity index (χ3v) is 3.53. The summed E-state index contributed by atoms with van der Waals surface area (Å²) in [5.41, 5.74) is 1.10. The Bertz CT molecular complexity index is 601. The molecule has 0 fully saturated rings. The van der Waals surface area contributed by atoms with E-state index >= 15 is 0 Å². The molecule has 0 saturated heterocycles. The van der Waals surface area contributed by atoms with E-state index < -0.39 is 5.91 Å². The first-order valence-electron chi connectivity index (χ1n) is 6.05. The van der Waals surface area contributed by atoms with Crippen LogP contribution in [0.4, 0.5) is 0 Å². The van der Waals surface area contributed by atoms with Crippen LogP contribution in [0, 0.1) is 0 Å². The highest BCUT2D eigenvalue weighted by atomic mass is 79.9. The Balaban J connectivity index is 2.17. The SMILES string of the molecule is O=C(NC(CBr)c1ccccc1)c1ccc(O)cc1O. The van der Waals surface area contributed by atoms with Crippen molar-refractivity contribution >= 4 is 21.8 Å². The summed E-state index contributed by atoms with van der Waals surface area (Å²) in [6, 6.07) is 13.2. The van der Waals surface area contributed by atoms with Gasteiger partial charge in [-0.25, -0.2) is 0 Å². The smallest absolute Gasteiger partial charge is 0.255 e. The molecular formula is C15H14BrNO3. The van der Waals surface area contributed by atoms with E-state index in [9.17, 15) is 15.0 Å². The molecule has 0 aliphatic rings. The molecule has 0 spiro atoms. The van der Waals surface area contributed by atoms with Gasteiger partial charge in [0, 0.05) is 11.4 Å². The lowest BCUT2D eigenvalue weighted by Gasteiger charge is -2.17. The molecule has 3 N–H and O–H groups in total. The lowest BCUT2D eigenvalue weighted by molar-refractivity contribution is 0.0938. The van der Waals surface area contributed by atoms with Crippen molar-refractivity contribution in [3.8, 4) is 11.5 Å². The zero-order valence-corrected chi connectivity index (χ0v) is 12.2. The number of benzene rings is 2. The topological polar surface area (TPSA) is 69.6 Å². The van der Waals surface area contributed by atoms with Gasteiger partial charge >= 0.3 is 0 Å². The van der Waals surface area contributed by atoms with Gasteiger partial charge in [0.05, 0.1) is 11.6 Å². The fourth-order valence-corrected chi connectivity index (χ4v) is 2.38. The monoisotopic (exact) mass is 335 g/mol. The number of hydrogen-bond acceptors (Lipinski definition) is 3. The van der Waals surface area contributed by atoms with Crippen LogP contribution in [0.25, 0.3) is 0 Å². The third kappa shape index (κ3) is 3.30. The third-order valence-electron chi connectivity index (χ3n) is 2.89. The number of carbonyl (C=O) groups is 1. The average molecular weight is 336 g/mol. The minimum absolute atomic E-state index is 0.0841. The average Bonchev–Trinajstić information content (AvgIpc) is 2.45. The van der Waals surface area contributed by atoms with Gasteiger partial charge in [-0.2, -0.15) is 0 Å². The predicted molar refractivity (Wildman–Crippen MR) is 80.2 cm³/mol. The quantitative estimate of drug-likeness (QED) is 0.752. The number of hydrogen-bond donors (Lipinski definition) is 3. The zero-order valence-electron chi connectivity index (χ0n) is 10.6. The van der Waals surface area contributed by atoms with Crippen LogP contribution in [-0.4, -0.2) is 21.5 Å². The van der Waals surface area contributed by atoms with E-state index in [-0.39, 0.29) is 23.1 Å². The Morgan fingerprint density at radius 3 is 2.45 bits per heavy atom. The molecule has 0 heterocycles. The number of phenols is 2. The number of halogens is 1. The van der Waals surface area contributed by atoms with E-state index in [4.69, 9.17) is 0 Å². The Hall–Kier alpha value is -2.01. The summed E-state index contributed by atoms with van der Waals surface area (Å²) >= 11 is 3.37. The maximum atomic E-state index is 12.1. The van der Waals surface area contributed by atoms with Crippen molar-refractivity contribution in [2.45, 2.75) is 6.04 Å². The Labute approximate surface area is 125 Å². The maximum absolute atomic E-state index is 12.1. The molecule has 1 amide bonds. The molecule has 4 nitrogen and oxygen atoms in total. The van der Waals surface area contributed by atoms with Gasteiger partial charge in [-0.3, -0.25) is 4.79 Å². The van der Waals surface area contributed by atoms with Crippen LogP contribution in [0.3, 0.4) is 0 Å². The van der Waals surface area contributed by atoms with E-state index in [1.807, 2.05) is 30.3 Å². The van der Waals surface area contributed by atoms with E-state index in [0.717, 1.165) is 11.6 Å². The Morgan fingerprint density at radius 1 is 1.15 bits per heavy atom. The van der Waals surface area contributed by atoms with Crippen molar-refractivity contribution in [3.63, 3.8) is 0 Å². The highest BCUT2D eigenvalue weighted by Gasteiger charge is 2.17. The van der Waals surface area contributed by atoms with Crippen LogP contribution in [-0.2, 0) is 0 Å². The number of nitrogens with one attached hydrogen (secondary N) is 1. The van der Waals surface area contributed by atoms with Gasteiger partial charge in [0.2, 0.25) is 0 Å². The summed E-state index contributed by atoms with van der Waals surface area (Å²) in [7, 11) is 0. The van der Waals surface area contributed by atoms with Gasteiger partial charge in [0.25, 0.3) is 5.91 Å². The van der Waals surface area contributed by atoms with E-state index in [1.54, 1.807) is 0 Å². The van der Waals surface area contributed by atoms with Gasteiger partial charge in [-0.05, 0) is 17.7 Å². The normalized spacial score (nSPS) is 11.8. The van der Waals surface area contributed by atoms with Crippen LogP contribution < -0.4 is 5.32 Å². The molecule has 5 heteroatoms.